The van der Waals surface area contributed by atoms with E-state index in [4.69, 9.17) is 5.84 Å². The highest BCUT2D eigenvalue weighted by Gasteiger charge is 2.04. The lowest BCUT2D eigenvalue weighted by atomic mass is 10.1. The van der Waals surface area contributed by atoms with Gasteiger partial charge in [-0.2, -0.15) is 5.10 Å². The van der Waals surface area contributed by atoms with Gasteiger partial charge in [-0.05, 0) is 19.1 Å². The summed E-state index contributed by atoms with van der Waals surface area (Å²) in [6, 6.07) is 3.68. The van der Waals surface area contributed by atoms with Crippen LogP contribution in [0.3, 0.4) is 0 Å². The Labute approximate surface area is 69.3 Å². The Balaban J connectivity index is 3.18. The molecule has 0 amide bonds. The number of nitrogens with two attached hydrogens (primary N) is 1. The predicted octanol–water partition coefficient (Wildman–Crippen LogP) is 1.21. The molecule has 1 aromatic rings. The van der Waals surface area contributed by atoms with Crippen molar-refractivity contribution < 1.29 is 9.50 Å². The topological polar surface area (TPSA) is 58.6 Å². The average Bonchev–Trinajstić information content (AvgIpc) is 2.03. The van der Waals surface area contributed by atoms with Crippen LogP contribution in [0.15, 0.2) is 23.3 Å². The predicted molar refractivity (Wildman–Crippen MR) is 44.5 cm³/mol. The second kappa shape index (κ2) is 3.21. The summed E-state index contributed by atoms with van der Waals surface area (Å²) in [6.45, 7) is 1.63. The molecule has 0 saturated carbocycles. The first kappa shape index (κ1) is 8.52. The van der Waals surface area contributed by atoms with Crippen molar-refractivity contribution in [2.24, 2.45) is 10.9 Å². The monoisotopic (exact) mass is 168 g/mol. The van der Waals surface area contributed by atoms with Crippen LogP contribution in [0.2, 0.25) is 0 Å². The zero-order chi connectivity index (χ0) is 9.14. The van der Waals surface area contributed by atoms with Gasteiger partial charge < -0.3 is 10.9 Å². The summed E-state index contributed by atoms with van der Waals surface area (Å²) in [5.74, 6) is 4.36. The van der Waals surface area contributed by atoms with Gasteiger partial charge in [0.05, 0.1) is 5.71 Å². The summed E-state index contributed by atoms with van der Waals surface area (Å²) in [7, 11) is 0. The molecule has 0 radical (unpaired) electrons. The van der Waals surface area contributed by atoms with Crippen molar-refractivity contribution in [3.63, 3.8) is 0 Å². The normalized spacial score (nSPS) is 11.7. The Bertz CT molecular complexity index is 323. The first-order valence-electron chi connectivity index (χ1n) is 3.38. The first-order chi connectivity index (χ1) is 5.65. The third-order valence-corrected chi connectivity index (χ3v) is 1.54. The number of aromatic hydroxyl groups is 1. The van der Waals surface area contributed by atoms with E-state index >= 15 is 0 Å². The van der Waals surface area contributed by atoms with Gasteiger partial charge in [0.15, 0.2) is 0 Å². The number of rotatable bonds is 1. The molecule has 0 unspecified atom stereocenters. The van der Waals surface area contributed by atoms with Crippen molar-refractivity contribution in [3.8, 4) is 5.75 Å². The standard InChI is InChI=1S/C8H9FN2O/c1-5(11-10)7-3-2-6(9)4-8(7)12/h2-4,12H,10H2,1H3/b11-5-. The van der Waals surface area contributed by atoms with E-state index in [2.05, 4.69) is 5.10 Å². The Morgan fingerprint density at radius 1 is 1.58 bits per heavy atom. The summed E-state index contributed by atoms with van der Waals surface area (Å²) in [4.78, 5) is 0. The summed E-state index contributed by atoms with van der Waals surface area (Å²) < 4.78 is 12.5. The van der Waals surface area contributed by atoms with Crippen LogP contribution >= 0.6 is 0 Å². The number of hydrogen-bond acceptors (Lipinski definition) is 3. The SMILES string of the molecule is C/C(=N/N)c1ccc(F)cc1O. The number of halogens is 1. The van der Waals surface area contributed by atoms with Crippen LogP contribution in [0.1, 0.15) is 12.5 Å². The smallest absolute Gasteiger partial charge is 0.127 e. The zero-order valence-corrected chi connectivity index (χ0v) is 6.58. The van der Waals surface area contributed by atoms with Crippen LogP contribution in [0.4, 0.5) is 4.39 Å². The van der Waals surface area contributed by atoms with Gasteiger partial charge in [-0.3, -0.25) is 0 Å². The fraction of sp³-hybridized carbons (Fsp3) is 0.125. The minimum absolute atomic E-state index is 0.151. The molecule has 0 atom stereocenters. The molecule has 0 spiro atoms. The van der Waals surface area contributed by atoms with Crippen LogP contribution in [-0.4, -0.2) is 10.8 Å². The lowest BCUT2D eigenvalue weighted by Crippen LogP contribution is -1.99. The molecule has 1 aromatic carbocycles. The lowest BCUT2D eigenvalue weighted by Gasteiger charge is -2.01. The number of hydrogen-bond donors (Lipinski definition) is 2. The molecule has 3 N–H and O–H groups in total. The Morgan fingerprint density at radius 2 is 2.25 bits per heavy atom. The zero-order valence-electron chi connectivity index (χ0n) is 6.58. The highest BCUT2D eigenvalue weighted by atomic mass is 19.1. The summed E-state index contributed by atoms with van der Waals surface area (Å²) in [5, 5.41) is 12.6. The number of phenolic OH excluding ortho intramolecular Hbond substituents is 1. The number of hydrazone groups is 1. The molecule has 0 bridgehead atoms. The van der Waals surface area contributed by atoms with E-state index in [1.165, 1.54) is 12.1 Å². The van der Waals surface area contributed by atoms with Crippen LogP contribution < -0.4 is 5.84 Å². The Morgan fingerprint density at radius 3 is 2.75 bits per heavy atom. The summed E-state index contributed by atoms with van der Waals surface area (Å²) in [6.07, 6.45) is 0. The second-order valence-corrected chi connectivity index (χ2v) is 2.38. The van der Waals surface area contributed by atoms with E-state index in [9.17, 15) is 9.50 Å². The van der Waals surface area contributed by atoms with E-state index in [1.54, 1.807) is 6.92 Å². The maximum absolute atomic E-state index is 12.5. The van der Waals surface area contributed by atoms with Crippen molar-refractivity contribution in [3.05, 3.63) is 29.6 Å². The number of benzene rings is 1. The minimum atomic E-state index is -0.485. The van der Waals surface area contributed by atoms with Gasteiger partial charge in [0.2, 0.25) is 0 Å². The Kier molecular flexibility index (Phi) is 2.28. The van der Waals surface area contributed by atoms with E-state index in [-0.39, 0.29) is 5.75 Å². The van der Waals surface area contributed by atoms with Crippen molar-refractivity contribution >= 4 is 5.71 Å². The molecule has 64 valence electrons. The molecular formula is C8H9FN2O. The van der Waals surface area contributed by atoms with Crippen LogP contribution in [-0.2, 0) is 0 Å². The molecule has 0 heterocycles. The van der Waals surface area contributed by atoms with Crippen LogP contribution in [0.25, 0.3) is 0 Å². The summed E-state index contributed by atoms with van der Waals surface area (Å²) >= 11 is 0. The van der Waals surface area contributed by atoms with Gasteiger partial charge in [0, 0.05) is 11.6 Å². The van der Waals surface area contributed by atoms with Gasteiger partial charge in [-0.1, -0.05) is 0 Å². The van der Waals surface area contributed by atoms with E-state index in [0.717, 1.165) is 6.07 Å². The van der Waals surface area contributed by atoms with Gasteiger partial charge >= 0.3 is 0 Å². The molecule has 3 nitrogen and oxygen atoms in total. The number of nitrogens with zero attached hydrogens (tertiary/aromatic N) is 1. The lowest BCUT2D eigenvalue weighted by molar-refractivity contribution is 0.468. The molecule has 0 aliphatic rings. The molecule has 0 aliphatic carbocycles. The molecule has 0 saturated heterocycles. The first-order valence-corrected chi connectivity index (χ1v) is 3.38. The summed E-state index contributed by atoms with van der Waals surface area (Å²) in [5.41, 5.74) is 0.909. The minimum Gasteiger partial charge on any atom is -0.507 e. The highest BCUT2D eigenvalue weighted by Crippen LogP contribution is 2.18. The third-order valence-electron chi connectivity index (χ3n) is 1.54. The van der Waals surface area contributed by atoms with Crippen LogP contribution in [0, 0.1) is 5.82 Å². The maximum atomic E-state index is 12.5. The molecule has 4 heteroatoms. The van der Waals surface area contributed by atoms with Gasteiger partial charge in [0.25, 0.3) is 0 Å². The van der Waals surface area contributed by atoms with Gasteiger partial charge in [-0.25, -0.2) is 4.39 Å². The molecule has 0 aliphatic heterocycles. The maximum Gasteiger partial charge on any atom is 0.127 e. The molecular weight excluding hydrogens is 159 g/mol. The van der Waals surface area contributed by atoms with E-state index in [0.29, 0.717) is 11.3 Å². The molecule has 1 rings (SSSR count). The average molecular weight is 168 g/mol. The van der Waals surface area contributed by atoms with Gasteiger partial charge in [0.1, 0.15) is 11.6 Å². The van der Waals surface area contributed by atoms with Crippen molar-refractivity contribution in [1.29, 1.82) is 0 Å². The second-order valence-electron chi connectivity index (χ2n) is 2.38. The third kappa shape index (κ3) is 1.53. The van der Waals surface area contributed by atoms with Crippen LogP contribution in [0.5, 0.6) is 5.75 Å². The molecule has 0 aromatic heterocycles. The fourth-order valence-electron chi connectivity index (χ4n) is 0.880. The highest BCUT2D eigenvalue weighted by molar-refractivity contribution is 6.00. The van der Waals surface area contributed by atoms with Crippen molar-refractivity contribution in [1.82, 2.24) is 0 Å². The number of phenols is 1. The largest absolute Gasteiger partial charge is 0.507 e. The fourth-order valence-corrected chi connectivity index (χ4v) is 0.880. The van der Waals surface area contributed by atoms with E-state index in [1.807, 2.05) is 0 Å². The molecule has 0 fully saturated rings. The van der Waals surface area contributed by atoms with E-state index < -0.39 is 5.82 Å². The Hall–Kier alpha value is -1.58. The van der Waals surface area contributed by atoms with Gasteiger partial charge in [-0.15, -0.1) is 0 Å². The van der Waals surface area contributed by atoms with Crippen molar-refractivity contribution in [2.45, 2.75) is 6.92 Å². The quantitative estimate of drug-likeness (QED) is 0.376. The molecule has 12 heavy (non-hydrogen) atoms. The van der Waals surface area contributed by atoms with Crippen molar-refractivity contribution in [2.75, 3.05) is 0 Å².